The molecule has 0 aliphatic carbocycles. The normalized spacial score (nSPS) is 20.0. The van der Waals surface area contributed by atoms with E-state index in [9.17, 15) is 22.8 Å². The topological polar surface area (TPSA) is 131 Å². The van der Waals surface area contributed by atoms with Gasteiger partial charge in [-0.1, -0.05) is 32.0 Å². The first kappa shape index (κ1) is 26.0. The SMILES string of the molecule is CC(C)CC(NS(=O)(=O)c1ccccc1)C(=O)NC1CCCCOCCCNC(=O)C1=O. The maximum Gasteiger partial charge on any atom is 0.289 e. The molecule has 0 aromatic heterocycles. The van der Waals surface area contributed by atoms with Crippen molar-refractivity contribution in [2.24, 2.45) is 5.92 Å². The van der Waals surface area contributed by atoms with Crippen LogP contribution in [0.1, 0.15) is 46.0 Å². The van der Waals surface area contributed by atoms with E-state index in [-0.39, 0.29) is 23.7 Å². The summed E-state index contributed by atoms with van der Waals surface area (Å²) in [5.41, 5.74) is 0. The Morgan fingerprint density at radius 3 is 2.50 bits per heavy atom. The van der Waals surface area contributed by atoms with Gasteiger partial charge in [0.2, 0.25) is 21.7 Å². The summed E-state index contributed by atoms with van der Waals surface area (Å²) >= 11 is 0. The molecule has 1 fully saturated rings. The van der Waals surface area contributed by atoms with Crippen molar-refractivity contribution in [1.82, 2.24) is 15.4 Å². The summed E-state index contributed by atoms with van der Waals surface area (Å²) < 4.78 is 33.4. The second-order valence-electron chi connectivity index (χ2n) is 8.26. The van der Waals surface area contributed by atoms with E-state index in [2.05, 4.69) is 15.4 Å². The Balaban J connectivity index is 2.16. The van der Waals surface area contributed by atoms with Crippen molar-refractivity contribution in [3.63, 3.8) is 0 Å². The van der Waals surface area contributed by atoms with Gasteiger partial charge in [0.25, 0.3) is 5.91 Å². The van der Waals surface area contributed by atoms with Crippen molar-refractivity contribution >= 4 is 27.6 Å². The van der Waals surface area contributed by atoms with Gasteiger partial charge in [-0.25, -0.2) is 8.42 Å². The minimum Gasteiger partial charge on any atom is -0.381 e. The Kier molecular flexibility index (Phi) is 10.3. The van der Waals surface area contributed by atoms with Gasteiger partial charge in [0.05, 0.1) is 10.9 Å². The summed E-state index contributed by atoms with van der Waals surface area (Å²) in [6.07, 6.45) is 2.36. The number of carbonyl (C=O) groups is 3. The zero-order valence-electron chi connectivity index (χ0n) is 18.6. The molecular weight excluding hydrogens is 434 g/mol. The third-order valence-corrected chi connectivity index (χ3v) is 6.50. The van der Waals surface area contributed by atoms with E-state index in [1.807, 2.05) is 13.8 Å². The molecule has 178 valence electrons. The van der Waals surface area contributed by atoms with Gasteiger partial charge in [-0.15, -0.1) is 0 Å². The lowest BCUT2D eigenvalue weighted by molar-refractivity contribution is -0.140. The minimum absolute atomic E-state index is 0.0108. The molecule has 1 aromatic rings. The zero-order chi connectivity index (χ0) is 23.6. The third-order valence-electron chi connectivity index (χ3n) is 5.01. The fourth-order valence-electron chi connectivity index (χ4n) is 3.35. The second kappa shape index (κ2) is 12.7. The highest BCUT2D eigenvalue weighted by Crippen LogP contribution is 2.13. The summed E-state index contributed by atoms with van der Waals surface area (Å²) in [4.78, 5) is 38.0. The molecule has 2 amide bonds. The molecule has 1 aliphatic rings. The average Bonchev–Trinajstić information content (AvgIpc) is 2.75. The summed E-state index contributed by atoms with van der Waals surface area (Å²) in [5, 5.41) is 5.16. The number of ether oxygens (including phenoxy) is 1. The molecule has 0 saturated carbocycles. The average molecular weight is 468 g/mol. The zero-order valence-corrected chi connectivity index (χ0v) is 19.4. The monoisotopic (exact) mass is 467 g/mol. The number of Topliss-reactive ketones (excluding diaryl/α,β-unsaturated/α-hetero) is 1. The van der Waals surface area contributed by atoms with Gasteiger partial charge < -0.3 is 15.4 Å². The number of hydrogen-bond donors (Lipinski definition) is 3. The van der Waals surface area contributed by atoms with E-state index in [1.165, 1.54) is 12.1 Å². The van der Waals surface area contributed by atoms with Crippen LogP contribution in [-0.2, 0) is 29.1 Å². The van der Waals surface area contributed by atoms with Crippen LogP contribution in [0.3, 0.4) is 0 Å². The smallest absolute Gasteiger partial charge is 0.289 e. The Hall–Kier alpha value is -2.30. The lowest BCUT2D eigenvalue weighted by atomic mass is 10.0. The molecule has 3 N–H and O–H groups in total. The van der Waals surface area contributed by atoms with Gasteiger partial charge in [-0.05, 0) is 50.2 Å². The fraction of sp³-hybridized carbons (Fsp3) is 0.591. The Bertz CT molecular complexity index is 873. The number of sulfonamides is 1. The first-order valence-electron chi connectivity index (χ1n) is 11.0. The molecule has 0 bridgehead atoms. The van der Waals surface area contributed by atoms with Gasteiger partial charge in [-0.2, -0.15) is 4.72 Å². The van der Waals surface area contributed by atoms with E-state index < -0.39 is 39.7 Å². The molecule has 1 saturated heterocycles. The quantitative estimate of drug-likeness (QED) is 0.516. The molecule has 0 radical (unpaired) electrons. The lowest BCUT2D eigenvalue weighted by Crippen LogP contribution is -2.54. The highest BCUT2D eigenvalue weighted by Gasteiger charge is 2.31. The molecule has 9 nitrogen and oxygen atoms in total. The summed E-state index contributed by atoms with van der Waals surface area (Å²) in [5.74, 6) is -2.11. The van der Waals surface area contributed by atoms with Gasteiger partial charge in [0.1, 0.15) is 6.04 Å². The van der Waals surface area contributed by atoms with Crippen LogP contribution in [0.5, 0.6) is 0 Å². The molecule has 0 spiro atoms. The molecule has 1 heterocycles. The van der Waals surface area contributed by atoms with Crippen LogP contribution in [0.25, 0.3) is 0 Å². The van der Waals surface area contributed by atoms with Crippen molar-refractivity contribution in [2.45, 2.75) is 62.9 Å². The third kappa shape index (κ3) is 8.33. The van der Waals surface area contributed by atoms with Crippen molar-refractivity contribution in [1.29, 1.82) is 0 Å². The van der Waals surface area contributed by atoms with E-state index in [0.29, 0.717) is 39.0 Å². The molecule has 2 rings (SSSR count). The fourth-order valence-corrected chi connectivity index (χ4v) is 4.58. The maximum atomic E-state index is 13.0. The van der Waals surface area contributed by atoms with Crippen LogP contribution in [0.2, 0.25) is 0 Å². The van der Waals surface area contributed by atoms with Crippen LogP contribution in [0.4, 0.5) is 0 Å². The standard InChI is InChI=1S/C22H33N3O6S/c1-16(2)15-19(25-32(29,30)17-9-4-3-5-10-17)21(27)24-18-11-6-7-13-31-14-8-12-23-22(28)20(18)26/h3-5,9-10,16,18-19,25H,6-8,11-15H2,1-2H3,(H,23,28)(H,24,27). The largest absolute Gasteiger partial charge is 0.381 e. The molecule has 32 heavy (non-hydrogen) atoms. The van der Waals surface area contributed by atoms with Crippen LogP contribution in [-0.4, -0.2) is 57.9 Å². The molecular formula is C22H33N3O6S. The molecule has 1 aliphatic heterocycles. The van der Waals surface area contributed by atoms with Crippen molar-refractivity contribution in [3.8, 4) is 0 Å². The van der Waals surface area contributed by atoms with Crippen molar-refractivity contribution in [3.05, 3.63) is 30.3 Å². The van der Waals surface area contributed by atoms with Gasteiger partial charge >= 0.3 is 0 Å². The number of nitrogens with one attached hydrogen (secondary N) is 3. The van der Waals surface area contributed by atoms with Crippen LogP contribution in [0.15, 0.2) is 35.2 Å². The second-order valence-corrected chi connectivity index (χ2v) is 9.97. The van der Waals surface area contributed by atoms with Crippen LogP contribution in [0, 0.1) is 5.92 Å². The highest BCUT2D eigenvalue weighted by atomic mass is 32.2. The predicted molar refractivity (Wildman–Crippen MR) is 119 cm³/mol. The van der Waals surface area contributed by atoms with E-state index in [0.717, 1.165) is 0 Å². The van der Waals surface area contributed by atoms with Crippen LogP contribution < -0.4 is 15.4 Å². The maximum absolute atomic E-state index is 13.0. The number of rotatable bonds is 7. The van der Waals surface area contributed by atoms with Gasteiger partial charge in [0.15, 0.2) is 0 Å². The Labute approximate surface area is 189 Å². The first-order chi connectivity index (χ1) is 15.2. The number of amides is 2. The highest BCUT2D eigenvalue weighted by molar-refractivity contribution is 7.89. The van der Waals surface area contributed by atoms with Crippen LogP contribution >= 0.6 is 0 Å². The summed E-state index contributed by atoms with van der Waals surface area (Å²) in [6.45, 7) is 5.08. The van der Waals surface area contributed by atoms with Crippen molar-refractivity contribution in [2.75, 3.05) is 19.8 Å². The lowest BCUT2D eigenvalue weighted by Gasteiger charge is -2.24. The molecule has 1 aromatic carbocycles. The van der Waals surface area contributed by atoms with Gasteiger partial charge in [0, 0.05) is 19.8 Å². The summed E-state index contributed by atoms with van der Waals surface area (Å²) in [6, 6.07) is 5.65. The Morgan fingerprint density at radius 2 is 1.81 bits per heavy atom. The predicted octanol–water partition coefficient (Wildman–Crippen LogP) is 1.14. The van der Waals surface area contributed by atoms with E-state index in [4.69, 9.17) is 4.74 Å². The van der Waals surface area contributed by atoms with E-state index in [1.54, 1.807) is 18.2 Å². The van der Waals surface area contributed by atoms with Crippen molar-refractivity contribution < 1.29 is 27.5 Å². The van der Waals surface area contributed by atoms with Gasteiger partial charge in [-0.3, -0.25) is 14.4 Å². The first-order valence-corrected chi connectivity index (χ1v) is 12.5. The number of benzene rings is 1. The molecule has 2 unspecified atom stereocenters. The number of hydrogen-bond acceptors (Lipinski definition) is 6. The number of ketones is 1. The minimum atomic E-state index is -3.94. The molecule has 10 heteroatoms. The van der Waals surface area contributed by atoms with E-state index >= 15 is 0 Å². The number of carbonyl (C=O) groups excluding carboxylic acids is 3. The Morgan fingerprint density at radius 1 is 1.12 bits per heavy atom. The summed E-state index contributed by atoms with van der Waals surface area (Å²) in [7, 11) is -3.94. The molecule has 2 atom stereocenters.